The second-order valence-corrected chi connectivity index (χ2v) is 7.06. The molecule has 1 aliphatic rings. The van der Waals surface area contributed by atoms with Crippen molar-refractivity contribution < 1.29 is 18.3 Å². The molecule has 0 saturated heterocycles. The van der Waals surface area contributed by atoms with Gasteiger partial charge in [0.05, 0.1) is 5.75 Å². The summed E-state index contributed by atoms with van der Waals surface area (Å²) in [5.74, 6) is -1.08. The number of likely N-dealkylation sites (N-methyl/N-ethyl adjacent to an activating group) is 1. The molecule has 6 heteroatoms. The highest BCUT2D eigenvalue weighted by atomic mass is 32.2. The summed E-state index contributed by atoms with van der Waals surface area (Å²) in [5, 5.41) is 8.75. The Morgan fingerprint density at radius 2 is 2.00 bits per heavy atom. The van der Waals surface area contributed by atoms with Crippen molar-refractivity contribution in [3.05, 3.63) is 0 Å². The fourth-order valence-corrected chi connectivity index (χ4v) is 2.99. The number of carboxylic acid groups (broad SMARTS) is 1. The van der Waals surface area contributed by atoms with Gasteiger partial charge in [0.15, 0.2) is 0 Å². The summed E-state index contributed by atoms with van der Waals surface area (Å²) in [5.41, 5.74) is 0.167. The SMILES string of the molecule is CC(C(=O)O)N(C)S(=O)(=O)CCC1(C)CC1. The molecule has 1 aliphatic carbocycles. The van der Waals surface area contributed by atoms with E-state index >= 15 is 0 Å². The van der Waals surface area contributed by atoms with Gasteiger partial charge in [-0.1, -0.05) is 6.92 Å². The van der Waals surface area contributed by atoms with Gasteiger partial charge in [-0.15, -0.1) is 0 Å². The molecule has 16 heavy (non-hydrogen) atoms. The zero-order chi connectivity index (χ0) is 12.6. The van der Waals surface area contributed by atoms with Crippen LogP contribution in [0.2, 0.25) is 0 Å². The molecule has 0 bridgehead atoms. The van der Waals surface area contributed by atoms with E-state index in [2.05, 4.69) is 6.92 Å². The normalized spacial score (nSPS) is 20.8. The van der Waals surface area contributed by atoms with Crippen molar-refractivity contribution in [3.8, 4) is 0 Å². The fraction of sp³-hybridized carbons (Fsp3) is 0.900. The summed E-state index contributed by atoms with van der Waals surface area (Å²) in [7, 11) is -2.12. The molecule has 0 radical (unpaired) electrons. The van der Waals surface area contributed by atoms with Gasteiger partial charge in [-0.25, -0.2) is 8.42 Å². The largest absolute Gasteiger partial charge is 0.480 e. The van der Waals surface area contributed by atoms with Gasteiger partial charge in [-0.05, 0) is 31.6 Å². The van der Waals surface area contributed by atoms with E-state index in [-0.39, 0.29) is 11.2 Å². The van der Waals surface area contributed by atoms with Crippen molar-refractivity contribution in [1.29, 1.82) is 0 Å². The Labute approximate surface area is 96.5 Å². The highest BCUT2D eigenvalue weighted by molar-refractivity contribution is 7.89. The molecule has 1 N–H and O–H groups in total. The van der Waals surface area contributed by atoms with E-state index in [1.165, 1.54) is 14.0 Å². The van der Waals surface area contributed by atoms with Crippen LogP contribution in [0.15, 0.2) is 0 Å². The van der Waals surface area contributed by atoms with Crippen molar-refractivity contribution >= 4 is 16.0 Å². The molecule has 0 aromatic heterocycles. The lowest BCUT2D eigenvalue weighted by atomic mass is 10.1. The number of carbonyl (C=O) groups is 1. The predicted octanol–water partition coefficient (Wildman–Crippen LogP) is 0.911. The molecule has 0 aromatic carbocycles. The van der Waals surface area contributed by atoms with E-state index in [1.54, 1.807) is 0 Å². The van der Waals surface area contributed by atoms with Crippen LogP contribution in [0.1, 0.15) is 33.1 Å². The van der Waals surface area contributed by atoms with Crippen molar-refractivity contribution in [2.75, 3.05) is 12.8 Å². The molecule has 1 unspecified atom stereocenters. The first-order valence-electron chi connectivity index (χ1n) is 5.36. The lowest BCUT2D eigenvalue weighted by molar-refractivity contribution is -0.140. The Morgan fingerprint density at radius 1 is 1.50 bits per heavy atom. The maximum Gasteiger partial charge on any atom is 0.321 e. The minimum absolute atomic E-state index is 0.0393. The Morgan fingerprint density at radius 3 is 2.38 bits per heavy atom. The number of carboxylic acids is 1. The molecule has 1 rings (SSSR count). The summed E-state index contributed by atoms with van der Waals surface area (Å²) < 4.78 is 24.6. The summed E-state index contributed by atoms with van der Waals surface area (Å²) in [6.45, 7) is 3.43. The molecule has 1 fully saturated rings. The molecule has 0 spiro atoms. The molecule has 1 atom stereocenters. The first-order valence-corrected chi connectivity index (χ1v) is 6.97. The first-order chi connectivity index (χ1) is 7.18. The van der Waals surface area contributed by atoms with Crippen LogP contribution in [0.25, 0.3) is 0 Å². The van der Waals surface area contributed by atoms with Crippen LogP contribution in [-0.2, 0) is 14.8 Å². The summed E-state index contributed by atoms with van der Waals surface area (Å²) in [6.07, 6.45) is 2.76. The molecule has 94 valence electrons. The average molecular weight is 249 g/mol. The molecule has 0 heterocycles. The van der Waals surface area contributed by atoms with Crippen molar-refractivity contribution in [2.45, 2.75) is 39.2 Å². The number of hydrogen-bond donors (Lipinski definition) is 1. The quantitative estimate of drug-likeness (QED) is 0.759. The summed E-state index contributed by atoms with van der Waals surface area (Å²) >= 11 is 0. The molecule has 5 nitrogen and oxygen atoms in total. The fourth-order valence-electron chi connectivity index (χ4n) is 1.38. The van der Waals surface area contributed by atoms with E-state index < -0.39 is 22.0 Å². The van der Waals surface area contributed by atoms with Crippen LogP contribution in [0.5, 0.6) is 0 Å². The third kappa shape index (κ3) is 3.18. The highest BCUT2D eigenvalue weighted by Gasteiger charge is 2.39. The van der Waals surface area contributed by atoms with Gasteiger partial charge in [0.2, 0.25) is 10.0 Å². The topological polar surface area (TPSA) is 74.7 Å². The summed E-state index contributed by atoms with van der Waals surface area (Å²) in [4.78, 5) is 10.7. The second kappa shape index (κ2) is 4.33. The van der Waals surface area contributed by atoms with E-state index in [0.29, 0.717) is 6.42 Å². The van der Waals surface area contributed by atoms with Gasteiger partial charge in [-0.3, -0.25) is 4.79 Å². The minimum Gasteiger partial charge on any atom is -0.480 e. The minimum atomic E-state index is -3.45. The van der Waals surface area contributed by atoms with Crippen LogP contribution < -0.4 is 0 Å². The van der Waals surface area contributed by atoms with E-state index in [0.717, 1.165) is 17.1 Å². The molecule has 1 saturated carbocycles. The van der Waals surface area contributed by atoms with Crippen LogP contribution >= 0.6 is 0 Å². The maximum atomic E-state index is 11.8. The predicted molar refractivity (Wildman–Crippen MR) is 60.6 cm³/mol. The Hall–Kier alpha value is -0.620. The maximum absolute atomic E-state index is 11.8. The third-order valence-corrected chi connectivity index (χ3v) is 5.32. The van der Waals surface area contributed by atoms with Gasteiger partial charge in [-0.2, -0.15) is 4.31 Å². The molecule has 0 aromatic rings. The first kappa shape index (κ1) is 13.4. The Kier molecular flexibility index (Phi) is 3.64. The number of hydrogen-bond acceptors (Lipinski definition) is 3. The smallest absolute Gasteiger partial charge is 0.321 e. The van der Waals surface area contributed by atoms with Gasteiger partial charge in [0.25, 0.3) is 0 Å². The Balaban J connectivity index is 2.58. The average Bonchev–Trinajstić information content (AvgIpc) is 2.92. The molecular weight excluding hydrogens is 230 g/mol. The van der Waals surface area contributed by atoms with Crippen LogP contribution in [0, 0.1) is 5.41 Å². The van der Waals surface area contributed by atoms with E-state index in [9.17, 15) is 13.2 Å². The van der Waals surface area contributed by atoms with Crippen LogP contribution in [0.4, 0.5) is 0 Å². The van der Waals surface area contributed by atoms with Gasteiger partial charge >= 0.3 is 5.97 Å². The van der Waals surface area contributed by atoms with Crippen LogP contribution in [-0.4, -0.2) is 42.6 Å². The van der Waals surface area contributed by atoms with Crippen molar-refractivity contribution in [2.24, 2.45) is 5.41 Å². The molecule has 0 aliphatic heterocycles. The zero-order valence-electron chi connectivity index (χ0n) is 9.93. The highest BCUT2D eigenvalue weighted by Crippen LogP contribution is 2.48. The van der Waals surface area contributed by atoms with Crippen molar-refractivity contribution in [3.63, 3.8) is 0 Å². The van der Waals surface area contributed by atoms with E-state index in [1.807, 2.05) is 0 Å². The standard InChI is InChI=1S/C10H19NO4S/c1-8(9(12)13)11(3)16(14,15)7-6-10(2)4-5-10/h8H,4-7H2,1-3H3,(H,12,13). The monoisotopic (exact) mass is 249 g/mol. The zero-order valence-corrected chi connectivity index (χ0v) is 10.7. The molecule has 0 amide bonds. The second-order valence-electron chi connectivity index (χ2n) is 4.91. The van der Waals surface area contributed by atoms with Gasteiger partial charge in [0.1, 0.15) is 6.04 Å². The van der Waals surface area contributed by atoms with Gasteiger partial charge < -0.3 is 5.11 Å². The summed E-state index contributed by atoms with van der Waals surface area (Å²) in [6, 6.07) is -1.00. The third-order valence-electron chi connectivity index (χ3n) is 3.41. The number of nitrogens with zero attached hydrogens (tertiary/aromatic N) is 1. The molecular formula is C10H19NO4S. The van der Waals surface area contributed by atoms with Crippen LogP contribution in [0.3, 0.4) is 0 Å². The van der Waals surface area contributed by atoms with Gasteiger partial charge in [0, 0.05) is 7.05 Å². The lowest BCUT2D eigenvalue weighted by Crippen LogP contribution is -2.41. The number of sulfonamides is 1. The number of rotatable bonds is 6. The Bertz CT molecular complexity index is 372. The number of aliphatic carboxylic acids is 1. The lowest BCUT2D eigenvalue weighted by Gasteiger charge is -2.21. The van der Waals surface area contributed by atoms with Crippen molar-refractivity contribution in [1.82, 2.24) is 4.31 Å². The van der Waals surface area contributed by atoms with E-state index in [4.69, 9.17) is 5.11 Å².